The van der Waals surface area contributed by atoms with Gasteiger partial charge in [-0.25, -0.2) is 4.99 Å². The molecule has 0 radical (unpaired) electrons. The Bertz CT molecular complexity index is 1460. The number of rotatable bonds is 11. The second-order valence-corrected chi connectivity index (χ2v) is 11.9. The molecule has 0 aliphatic carbocycles. The number of carboxylic acids is 2. The normalized spacial score (nSPS) is 17.8. The van der Waals surface area contributed by atoms with Gasteiger partial charge in [0.2, 0.25) is 11.7 Å². The molecule has 2 aliphatic rings. The van der Waals surface area contributed by atoms with Crippen molar-refractivity contribution in [2.75, 3.05) is 20.1 Å². The van der Waals surface area contributed by atoms with E-state index in [9.17, 15) is 35.9 Å². The number of benzene rings is 2. The van der Waals surface area contributed by atoms with Crippen molar-refractivity contribution in [3.63, 3.8) is 0 Å². The van der Waals surface area contributed by atoms with E-state index in [0.29, 0.717) is 6.42 Å². The van der Waals surface area contributed by atoms with E-state index in [1.54, 1.807) is 6.92 Å². The van der Waals surface area contributed by atoms with Crippen molar-refractivity contribution in [1.82, 2.24) is 5.32 Å². The highest BCUT2D eigenvalue weighted by Crippen LogP contribution is 2.22. The second kappa shape index (κ2) is 19.6. The maximum atomic E-state index is 13.1. The topological polar surface area (TPSA) is 160 Å². The summed E-state index contributed by atoms with van der Waals surface area (Å²) < 4.78 is 63.1. The number of hydrogen-bond acceptors (Lipinski definition) is 7. The predicted molar refractivity (Wildman–Crippen MR) is 166 cm³/mol. The number of unbranched alkanes of at least 4 members (excludes halogenated alkanes) is 2. The second-order valence-electron chi connectivity index (χ2n) is 11.9. The number of hydrogen-bond donors (Lipinski definition) is 3. The Morgan fingerprint density at radius 3 is 1.84 bits per heavy atom. The van der Waals surface area contributed by atoms with Gasteiger partial charge in [0.15, 0.2) is 5.70 Å². The molecule has 1 amide bonds. The number of alkyl halides is 6. The molecule has 0 aromatic heterocycles. The summed E-state index contributed by atoms with van der Waals surface area (Å²) in [6.45, 7) is 3.74. The van der Waals surface area contributed by atoms with Crippen LogP contribution in [0.5, 0.6) is 0 Å². The largest absolute Gasteiger partial charge is 0.542 e. The molecule has 0 spiro atoms. The van der Waals surface area contributed by atoms with E-state index in [0.717, 1.165) is 68.7 Å². The van der Waals surface area contributed by atoms with Crippen molar-refractivity contribution >= 4 is 35.2 Å². The Labute approximate surface area is 285 Å². The summed E-state index contributed by atoms with van der Waals surface area (Å²) in [4.78, 5) is 48.2. The van der Waals surface area contributed by atoms with Crippen molar-refractivity contribution in [3.8, 4) is 11.1 Å². The Hall–Kier alpha value is -4.57. The zero-order valence-electron chi connectivity index (χ0n) is 27.5. The third kappa shape index (κ3) is 14.9. The molecule has 2 aromatic carbocycles. The highest BCUT2D eigenvalue weighted by Gasteiger charge is 2.32. The molecule has 1 fully saturated rings. The van der Waals surface area contributed by atoms with E-state index in [1.165, 1.54) is 16.0 Å². The first-order valence-corrected chi connectivity index (χ1v) is 15.8. The first-order chi connectivity index (χ1) is 23.4. The molecule has 50 heavy (non-hydrogen) atoms. The lowest BCUT2D eigenvalue weighted by Gasteiger charge is -2.27. The average Bonchev–Trinajstić information content (AvgIpc) is 3.55. The molecule has 0 saturated carbocycles. The van der Waals surface area contributed by atoms with Crippen molar-refractivity contribution in [2.45, 2.75) is 70.3 Å². The summed E-state index contributed by atoms with van der Waals surface area (Å²) in [5.74, 6) is -4.60. The zero-order valence-corrected chi connectivity index (χ0v) is 27.5. The number of aliphatic carboxylic acids is 2. The number of amidine groups is 1. The Morgan fingerprint density at radius 2 is 1.34 bits per heavy atom. The standard InChI is InChI=1S/C30H38N4O2.2C2HF3O2/c1-22(35)9-5-3-8-12-27(33-30(36)26-17-19-34(2)20-18-26)29-31-21-28(32-29)25-15-13-24(14-16-25)23-10-6-4-7-11-23;2*3-2(4,5)1(6)7/h4,6-7,10-11,13-16,21,26-27H,3,5,8-9,12,17-20H2,1-2H3,(H,31,32)(H,33,36);2*(H,6,7)/t27-;;/m0../s1. The van der Waals surface area contributed by atoms with Crippen LogP contribution in [0, 0.1) is 5.92 Å². The number of carbonyl (C=O) groups is 4. The van der Waals surface area contributed by atoms with E-state index in [-0.39, 0.29) is 23.7 Å². The van der Waals surface area contributed by atoms with Gasteiger partial charge in [0.1, 0.15) is 23.8 Å². The minimum Gasteiger partial charge on any atom is -0.542 e. The van der Waals surface area contributed by atoms with Gasteiger partial charge < -0.3 is 34.8 Å². The Kier molecular flexibility index (Phi) is 16.3. The number of halogens is 6. The summed E-state index contributed by atoms with van der Waals surface area (Å²) >= 11 is 0. The lowest BCUT2D eigenvalue weighted by atomic mass is 9.95. The van der Waals surface area contributed by atoms with Gasteiger partial charge in [-0.15, -0.1) is 0 Å². The van der Waals surface area contributed by atoms with Crippen LogP contribution in [0.3, 0.4) is 0 Å². The monoisotopic (exact) mass is 714 g/mol. The van der Waals surface area contributed by atoms with Crippen LogP contribution in [-0.4, -0.2) is 68.0 Å². The quantitative estimate of drug-likeness (QED) is 0.234. The third-order valence-corrected chi connectivity index (χ3v) is 7.85. The van der Waals surface area contributed by atoms with Crippen LogP contribution >= 0.6 is 0 Å². The van der Waals surface area contributed by atoms with Crippen LogP contribution in [0.2, 0.25) is 0 Å². The number of carboxylic acid groups (broad SMARTS) is 2. The lowest BCUT2D eigenvalue weighted by Crippen LogP contribution is -3.10. The molecule has 1 atom stereocenters. The van der Waals surface area contributed by atoms with Gasteiger partial charge in [0.05, 0.1) is 26.3 Å². The number of nitrogens with two attached hydrogens (primary N) is 1. The minimum absolute atomic E-state index is 0.0916. The fourth-order valence-electron chi connectivity index (χ4n) is 5.07. The molecule has 0 bridgehead atoms. The Morgan fingerprint density at radius 1 is 0.840 bits per heavy atom. The number of Topliss-reactive ketones (excluding diaryl/α,β-unsaturated/α-hetero) is 1. The van der Waals surface area contributed by atoms with Gasteiger partial charge >= 0.3 is 12.4 Å². The number of ketones is 1. The predicted octanol–water partition coefficient (Wildman–Crippen LogP) is 1.17. The van der Waals surface area contributed by atoms with Crippen LogP contribution in [0.1, 0.15) is 57.4 Å². The van der Waals surface area contributed by atoms with Crippen LogP contribution in [-0.2, 0) is 19.2 Å². The van der Waals surface area contributed by atoms with E-state index < -0.39 is 24.3 Å². The van der Waals surface area contributed by atoms with Crippen molar-refractivity contribution in [3.05, 3.63) is 66.4 Å². The SMILES string of the molecule is CC(=O)CCCCC[C@H](NC(=O)C1CC[NH+](C)CC1)C1=NC=C(c2ccc(-c3ccccc3)cc2)[NH2+]1.O=C([O-])C(F)(F)F.O=C([O-])C(F)(F)F. The fourth-order valence-corrected chi connectivity index (χ4v) is 5.07. The third-order valence-electron chi connectivity index (χ3n) is 7.85. The van der Waals surface area contributed by atoms with Gasteiger partial charge in [0.25, 0.3) is 0 Å². The zero-order chi connectivity index (χ0) is 37.5. The van der Waals surface area contributed by atoms with Gasteiger partial charge in [-0.1, -0.05) is 55.3 Å². The van der Waals surface area contributed by atoms with Gasteiger partial charge in [-0.2, -0.15) is 26.3 Å². The maximum absolute atomic E-state index is 13.1. The minimum atomic E-state index is -5.19. The molecular formula is C34H40F6N4O6. The molecule has 4 rings (SSSR count). The molecular weight excluding hydrogens is 674 g/mol. The molecule has 10 nitrogen and oxygen atoms in total. The average molecular weight is 715 g/mol. The molecule has 4 N–H and O–H groups in total. The molecule has 1 saturated heterocycles. The van der Waals surface area contributed by atoms with E-state index >= 15 is 0 Å². The highest BCUT2D eigenvalue weighted by atomic mass is 19.4. The smallest absolute Gasteiger partial charge is 0.430 e. The summed E-state index contributed by atoms with van der Waals surface area (Å²) in [5, 5.41) is 23.0. The number of likely N-dealkylation sites (tertiary alicyclic amines) is 1. The van der Waals surface area contributed by atoms with Gasteiger partial charge in [0, 0.05) is 30.7 Å². The summed E-state index contributed by atoms with van der Waals surface area (Å²) in [6, 6.07) is 18.8. The van der Waals surface area contributed by atoms with Crippen LogP contribution < -0.4 is 25.7 Å². The number of nitrogens with zero attached hydrogens (tertiary/aromatic N) is 1. The van der Waals surface area contributed by atoms with Crippen molar-refractivity contribution in [2.24, 2.45) is 10.9 Å². The van der Waals surface area contributed by atoms with E-state index in [2.05, 4.69) is 66.2 Å². The van der Waals surface area contributed by atoms with E-state index in [4.69, 9.17) is 24.8 Å². The number of piperidine rings is 1. The summed E-state index contributed by atoms with van der Waals surface area (Å²) in [7, 11) is 2.19. The Balaban J connectivity index is 0.000000521. The molecule has 16 heteroatoms. The lowest BCUT2D eigenvalue weighted by molar-refractivity contribution is -0.885. The van der Waals surface area contributed by atoms with Gasteiger partial charge in [-0.05, 0) is 43.0 Å². The molecule has 2 heterocycles. The van der Waals surface area contributed by atoms with Crippen molar-refractivity contribution < 1.29 is 66.0 Å². The number of carbonyl (C=O) groups excluding carboxylic acids is 4. The summed E-state index contributed by atoms with van der Waals surface area (Å²) in [6.07, 6.45) is -2.27. The molecule has 2 aromatic rings. The first kappa shape index (κ1) is 41.6. The fraction of sp³-hybridized carbons (Fsp3) is 0.441. The molecule has 2 aliphatic heterocycles. The van der Waals surface area contributed by atoms with Gasteiger partial charge in [-0.3, -0.25) is 10.1 Å². The number of amides is 1. The first-order valence-electron chi connectivity index (χ1n) is 15.8. The number of aliphatic imine (C=N–C) groups is 1. The van der Waals surface area contributed by atoms with Crippen molar-refractivity contribution in [1.29, 1.82) is 0 Å². The molecule has 274 valence electrons. The maximum Gasteiger partial charge on any atom is 0.430 e. The van der Waals surface area contributed by atoms with E-state index in [1.807, 2.05) is 12.3 Å². The summed E-state index contributed by atoms with van der Waals surface area (Å²) in [5.41, 5.74) is 4.59. The van der Waals surface area contributed by atoms with Crippen LogP contribution in [0.15, 0.2) is 65.8 Å². The number of nitrogens with one attached hydrogen (secondary N) is 2. The highest BCUT2D eigenvalue weighted by molar-refractivity contribution is 5.90. The molecule has 0 unspecified atom stereocenters. The number of quaternary nitrogens is 2. The van der Waals surface area contributed by atoms with Crippen LogP contribution in [0.25, 0.3) is 16.8 Å². The van der Waals surface area contributed by atoms with Crippen LogP contribution in [0.4, 0.5) is 26.3 Å².